The van der Waals surface area contributed by atoms with Gasteiger partial charge in [0.1, 0.15) is 5.75 Å². The number of hydrogen-bond donors (Lipinski definition) is 2. The standard InChI is InChI=1S/C13H13N7O/c1-21-10-4-2-9(3-5-10)11-6-7-14-13(16-11)15-8-12-17-19-20-18-12/h2-7H,8H2,1H3,(H,14,15,16)(H,17,18,19,20). The predicted octanol–water partition coefficient (Wildman–Crippen LogP) is 1.28. The van der Waals surface area contributed by atoms with Crippen molar-refractivity contribution >= 4 is 5.95 Å². The molecule has 0 saturated carbocycles. The highest BCUT2D eigenvalue weighted by Gasteiger charge is 2.04. The quantitative estimate of drug-likeness (QED) is 0.727. The summed E-state index contributed by atoms with van der Waals surface area (Å²) in [7, 11) is 1.64. The minimum atomic E-state index is 0.405. The van der Waals surface area contributed by atoms with Gasteiger partial charge in [0.25, 0.3) is 0 Å². The van der Waals surface area contributed by atoms with Crippen LogP contribution < -0.4 is 10.1 Å². The second-order valence-electron chi connectivity index (χ2n) is 4.18. The normalized spacial score (nSPS) is 10.3. The van der Waals surface area contributed by atoms with Crippen molar-refractivity contribution < 1.29 is 4.74 Å². The third-order valence-corrected chi connectivity index (χ3v) is 2.84. The molecule has 0 amide bonds. The molecule has 1 aromatic carbocycles. The lowest BCUT2D eigenvalue weighted by molar-refractivity contribution is 0.415. The predicted molar refractivity (Wildman–Crippen MR) is 75.5 cm³/mol. The monoisotopic (exact) mass is 283 g/mol. The van der Waals surface area contributed by atoms with E-state index in [0.29, 0.717) is 18.3 Å². The van der Waals surface area contributed by atoms with Crippen LogP contribution in [-0.2, 0) is 6.54 Å². The summed E-state index contributed by atoms with van der Waals surface area (Å²) in [6.07, 6.45) is 1.70. The minimum Gasteiger partial charge on any atom is -0.497 e. The van der Waals surface area contributed by atoms with Crippen LogP contribution in [0.1, 0.15) is 5.82 Å². The molecule has 0 aliphatic rings. The fourth-order valence-corrected chi connectivity index (χ4v) is 1.78. The Morgan fingerprint density at radius 1 is 1.19 bits per heavy atom. The van der Waals surface area contributed by atoms with Crippen LogP contribution in [-0.4, -0.2) is 37.7 Å². The van der Waals surface area contributed by atoms with Crippen molar-refractivity contribution in [3.63, 3.8) is 0 Å². The number of H-pyrrole nitrogens is 1. The summed E-state index contributed by atoms with van der Waals surface area (Å²) in [4.78, 5) is 8.61. The number of benzene rings is 1. The van der Waals surface area contributed by atoms with Gasteiger partial charge in [0.2, 0.25) is 5.95 Å². The summed E-state index contributed by atoms with van der Waals surface area (Å²) in [5, 5.41) is 16.6. The topological polar surface area (TPSA) is 102 Å². The van der Waals surface area contributed by atoms with Gasteiger partial charge in [-0.1, -0.05) is 5.21 Å². The van der Waals surface area contributed by atoms with Crippen LogP contribution in [0.2, 0.25) is 0 Å². The molecule has 3 aromatic rings. The largest absolute Gasteiger partial charge is 0.497 e. The van der Waals surface area contributed by atoms with E-state index >= 15 is 0 Å². The first-order valence-electron chi connectivity index (χ1n) is 6.29. The van der Waals surface area contributed by atoms with Gasteiger partial charge in [-0.2, -0.15) is 5.21 Å². The molecule has 0 spiro atoms. The third kappa shape index (κ3) is 3.11. The van der Waals surface area contributed by atoms with Crippen molar-refractivity contribution in [3.8, 4) is 17.0 Å². The van der Waals surface area contributed by atoms with E-state index in [1.54, 1.807) is 13.3 Å². The van der Waals surface area contributed by atoms with E-state index < -0.39 is 0 Å². The summed E-state index contributed by atoms with van der Waals surface area (Å²) in [5.74, 6) is 1.87. The number of aromatic amines is 1. The van der Waals surface area contributed by atoms with Gasteiger partial charge in [-0.25, -0.2) is 9.97 Å². The van der Waals surface area contributed by atoms with Gasteiger partial charge < -0.3 is 10.1 Å². The number of aromatic nitrogens is 6. The molecule has 8 nitrogen and oxygen atoms in total. The molecule has 2 aromatic heterocycles. The summed E-state index contributed by atoms with van der Waals surface area (Å²) < 4.78 is 5.14. The summed E-state index contributed by atoms with van der Waals surface area (Å²) in [5.41, 5.74) is 1.81. The molecule has 0 fully saturated rings. The van der Waals surface area contributed by atoms with Crippen molar-refractivity contribution in [1.29, 1.82) is 0 Å². The van der Waals surface area contributed by atoms with Crippen molar-refractivity contribution in [3.05, 3.63) is 42.4 Å². The first kappa shape index (κ1) is 13.0. The number of tetrazole rings is 1. The van der Waals surface area contributed by atoms with Crippen LogP contribution in [0, 0.1) is 0 Å². The average Bonchev–Trinajstić information content (AvgIpc) is 3.07. The van der Waals surface area contributed by atoms with Gasteiger partial charge in [0, 0.05) is 11.8 Å². The van der Waals surface area contributed by atoms with E-state index in [0.717, 1.165) is 17.0 Å². The van der Waals surface area contributed by atoms with E-state index in [1.807, 2.05) is 30.3 Å². The summed E-state index contributed by atoms with van der Waals surface area (Å²) >= 11 is 0. The van der Waals surface area contributed by atoms with Gasteiger partial charge in [-0.3, -0.25) is 0 Å². The molecule has 0 saturated heterocycles. The number of nitrogens with zero attached hydrogens (tertiary/aromatic N) is 5. The Bertz CT molecular complexity index is 697. The molecule has 0 unspecified atom stereocenters. The minimum absolute atomic E-state index is 0.405. The van der Waals surface area contributed by atoms with Crippen LogP contribution >= 0.6 is 0 Å². The van der Waals surface area contributed by atoms with Crippen LogP contribution in [0.15, 0.2) is 36.5 Å². The van der Waals surface area contributed by atoms with E-state index in [1.165, 1.54) is 0 Å². The highest BCUT2D eigenvalue weighted by molar-refractivity contribution is 5.60. The molecule has 3 rings (SSSR count). The second-order valence-corrected chi connectivity index (χ2v) is 4.18. The first-order chi connectivity index (χ1) is 10.3. The lowest BCUT2D eigenvalue weighted by Crippen LogP contribution is -2.05. The Labute approximate surface area is 120 Å². The lowest BCUT2D eigenvalue weighted by atomic mass is 10.1. The molecule has 2 heterocycles. The van der Waals surface area contributed by atoms with Crippen LogP contribution in [0.4, 0.5) is 5.95 Å². The zero-order valence-corrected chi connectivity index (χ0v) is 11.3. The maximum absolute atomic E-state index is 5.14. The molecule has 106 valence electrons. The number of hydrogen-bond acceptors (Lipinski definition) is 7. The number of rotatable bonds is 5. The van der Waals surface area contributed by atoms with Crippen molar-refractivity contribution in [2.45, 2.75) is 6.54 Å². The smallest absolute Gasteiger partial charge is 0.223 e. The van der Waals surface area contributed by atoms with E-state index in [-0.39, 0.29) is 0 Å². The second kappa shape index (κ2) is 5.95. The Kier molecular flexibility index (Phi) is 3.68. The van der Waals surface area contributed by atoms with E-state index in [9.17, 15) is 0 Å². The van der Waals surface area contributed by atoms with E-state index in [2.05, 4.69) is 35.9 Å². The van der Waals surface area contributed by atoms with Crippen molar-refractivity contribution in [1.82, 2.24) is 30.6 Å². The highest BCUT2D eigenvalue weighted by Crippen LogP contribution is 2.21. The number of methoxy groups -OCH3 is 1. The number of nitrogens with one attached hydrogen (secondary N) is 2. The molecular weight excluding hydrogens is 270 g/mol. The third-order valence-electron chi connectivity index (χ3n) is 2.84. The lowest BCUT2D eigenvalue weighted by Gasteiger charge is -2.05. The zero-order chi connectivity index (χ0) is 14.5. The van der Waals surface area contributed by atoms with Crippen molar-refractivity contribution in [2.24, 2.45) is 0 Å². The summed E-state index contributed by atoms with van der Waals surface area (Å²) in [6.45, 7) is 0.405. The molecule has 0 aliphatic heterocycles. The molecule has 0 atom stereocenters. The van der Waals surface area contributed by atoms with Gasteiger partial charge in [0.15, 0.2) is 5.82 Å². The van der Waals surface area contributed by atoms with Crippen LogP contribution in [0.25, 0.3) is 11.3 Å². The molecule has 0 bridgehead atoms. The van der Waals surface area contributed by atoms with Crippen LogP contribution in [0.3, 0.4) is 0 Å². The van der Waals surface area contributed by atoms with Crippen LogP contribution in [0.5, 0.6) is 5.75 Å². The molecule has 8 heteroatoms. The Balaban J connectivity index is 1.75. The first-order valence-corrected chi connectivity index (χ1v) is 6.29. The number of anilines is 1. The average molecular weight is 283 g/mol. The fourth-order valence-electron chi connectivity index (χ4n) is 1.78. The molecular formula is C13H13N7O. The van der Waals surface area contributed by atoms with Gasteiger partial charge >= 0.3 is 0 Å². The maximum atomic E-state index is 5.14. The Morgan fingerprint density at radius 3 is 2.76 bits per heavy atom. The van der Waals surface area contributed by atoms with Gasteiger partial charge in [0.05, 0.1) is 19.3 Å². The highest BCUT2D eigenvalue weighted by atomic mass is 16.5. The Morgan fingerprint density at radius 2 is 2.05 bits per heavy atom. The van der Waals surface area contributed by atoms with Crippen molar-refractivity contribution in [2.75, 3.05) is 12.4 Å². The maximum Gasteiger partial charge on any atom is 0.223 e. The molecule has 0 aliphatic carbocycles. The van der Waals surface area contributed by atoms with E-state index in [4.69, 9.17) is 4.74 Å². The summed E-state index contributed by atoms with van der Waals surface area (Å²) in [6, 6.07) is 9.53. The SMILES string of the molecule is COc1ccc(-c2ccnc(NCc3nn[nH]n3)n2)cc1. The molecule has 0 radical (unpaired) electrons. The van der Waals surface area contributed by atoms with Gasteiger partial charge in [-0.05, 0) is 30.3 Å². The van der Waals surface area contributed by atoms with Gasteiger partial charge in [-0.15, -0.1) is 10.2 Å². The number of ether oxygens (including phenoxy) is 1. The fraction of sp³-hybridized carbons (Fsp3) is 0.154. The zero-order valence-electron chi connectivity index (χ0n) is 11.3. The molecule has 21 heavy (non-hydrogen) atoms. The molecule has 2 N–H and O–H groups in total. The Hall–Kier alpha value is -3.03.